The summed E-state index contributed by atoms with van der Waals surface area (Å²) in [5.41, 5.74) is 0.102. The Balaban J connectivity index is 1.82. The molecule has 6 atom stereocenters. The molecule has 0 aliphatic heterocycles. The lowest BCUT2D eigenvalue weighted by atomic mass is 9.52. The predicted molar refractivity (Wildman–Crippen MR) is 92.6 cm³/mol. The van der Waals surface area contributed by atoms with E-state index in [9.17, 15) is 14.6 Å². The summed E-state index contributed by atoms with van der Waals surface area (Å²) in [5, 5.41) is 20.8. The summed E-state index contributed by atoms with van der Waals surface area (Å²) in [6.07, 6.45) is 9.20. The average Bonchev–Trinajstić information content (AvgIpc) is 2.88. The maximum Gasteiger partial charge on any atom is 0.168 e. The third-order valence-electron chi connectivity index (χ3n) is 7.47. The lowest BCUT2D eigenvalue weighted by molar-refractivity contribution is -0.117. The zero-order valence-corrected chi connectivity index (χ0v) is 14.8. The van der Waals surface area contributed by atoms with Crippen molar-refractivity contribution in [2.75, 3.05) is 7.11 Å². The van der Waals surface area contributed by atoms with Crippen LogP contribution in [0.4, 0.5) is 4.39 Å². The lowest BCUT2D eigenvalue weighted by Gasteiger charge is -2.54. The summed E-state index contributed by atoms with van der Waals surface area (Å²) in [7, 11) is 1.68. The Morgan fingerprint density at radius 1 is 1.36 bits per heavy atom. The number of hydrogen-bond donors (Lipinski definition) is 2. The molecular formula is C21H25FO3. The summed E-state index contributed by atoms with van der Waals surface area (Å²) < 4.78 is 20.3. The minimum atomic E-state index is -1.10. The molecule has 2 N–H and O–H groups in total. The van der Waals surface area contributed by atoms with Crippen LogP contribution in [0.3, 0.4) is 0 Å². The largest absolute Gasteiger partial charge is 0.505 e. The van der Waals surface area contributed by atoms with Crippen LogP contribution in [0.1, 0.15) is 49.7 Å². The summed E-state index contributed by atoms with van der Waals surface area (Å²) in [6, 6.07) is 3.30. The molecule has 3 aliphatic carbocycles. The topological polar surface area (TPSA) is 49.7 Å². The SMILES string of the molecule is C#C[C@]1(O)CC[C@H]2[C@@H]3CCc4c(ccc(O)c4F)[C@H]3[C@@H](OC)C[C@@]21C. The number of benzene rings is 1. The number of aromatic hydroxyl groups is 1. The smallest absolute Gasteiger partial charge is 0.168 e. The van der Waals surface area contributed by atoms with E-state index in [4.69, 9.17) is 11.2 Å². The molecule has 4 heteroatoms. The Labute approximate surface area is 148 Å². The normalized spacial score (nSPS) is 42.2. The molecule has 2 fully saturated rings. The van der Waals surface area contributed by atoms with E-state index in [-0.39, 0.29) is 23.2 Å². The first-order valence-electron chi connectivity index (χ1n) is 9.09. The number of halogens is 1. The molecule has 0 amide bonds. The minimum absolute atomic E-state index is 0.0852. The van der Waals surface area contributed by atoms with Gasteiger partial charge in [0.15, 0.2) is 11.6 Å². The number of terminal acetylenes is 1. The minimum Gasteiger partial charge on any atom is -0.505 e. The Morgan fingerprint density at radius 3 is 2.80 bits per heavy atom. The van der Waals surface area contributed by atoms with Crippen LogP contribution < -0.4 is 0 Å². The van der Waals surface area contributed by atoms with Gasteiger partial charge in [0.2, 0.25) is 0 Å². The molecule has 0 spiro atoms. The van der Waals surface area contributed by atoms with Crippen LogP contribution in [0.25, 0.3) is 0 Å². The second kappa shape index (κ2) is 5.46. The number of phenolic OH excluding ortho intramolecular Hbond substituents is 1. The first-order chi connectivity index (χ1) is 11.9. The predicted octanol–water partition coefficient (Wildman–Crippen LogP) is 3.38. The van der Waals surface area contributed by atoms with Crippen LogP contribution in [0.5, 0.6) is 5.75 Å². The highest BCUT2D eigenvalue weighted by Crippen LogP contribution is 2.64. The Hall–Kier alpha value is -1.57. The van der Waals surface area contributed by atoms with Gasteiger partial charge >= 0.3 is 0 Å². The molecule has 0 radical (unpaired) electrons. The van der Waals surface area contributed by atoms with Crippen LogP contribution in [0.15, 0.2) is 12.1 Å². The number of fused-ring (bicyclic) bond motifs is 5. The van der Waals surface area contributed by atoms with E-state index < -0.39 is 11.4 Å². The Kier molecular flexibility index (Phi) is 3.69. The molecule has 134 valence electrons. The van der Waals surface area contributed by atoms with Gasteiger partial charge in [-0.05, 0) is 61.1 Å². The van der Waals surface area contributed by atoms with Crippen LogP contribution in [-0.2, 0) is 11.2 Å². The maximum atomic E-state index is 14.4. The molecule has 25 heavy (non-hydrogen) atoms. The first-order valence-corrected chi connectivity index (χ1v) is 9.09. The lowest BCUT2D eigenvalue weighted by Crippen LogP contribution is -2.54. The van der Waals surface area contributed by atoms with Gasteiger partial charge < -0.3 is 14.9 Å². The monoisotopic (exact) mass is 344 g/mol. The van der Waals surface area contributed by atoms with Crippen LogP contribution in [-0.4, -0.2) is 29.0 Å². The molecule has 0 bridgehead atoms. The van der Waals surface area contributed by atoms with Crippen molar-refractivity contribution < 1.29 is 19.3 Å². The number of hydrogen-bond acceptors (Lipinski definition) is 3. The fourth-order valence-corrected chi connectivity index (χ4v) is 6.13. The molecule has 4 rings (SSSR count). The van der Waals surface area contributed by atoms with E-state index in [1.165, 1.54) is 6.07 Å². The van der Waals surface area contributed by atoms with E-state index in [1.807, 2.05) is 6.07 Å². The summed E-state index contributed by atoms with van der Waals surface area (Å²) >= 11 is 0. The molecule has 0 unspecified atom stereocenters. The van der Waals surface area contributed by atoms with Crippen molar-refractivity contribution in [3.05, 3.63) is 29.1 Å². The van der Waals surface area contributed by atoms with Gasteiger partial charge in [0.25, 0.3) is 0 Å². The van der Waals surface area contributed by atoms with Crippen molar-refractivity contribution in [2.24, 2.45) is 17.3 Å². The van der Waals surface area contributed by atoms with E-state index in [0.29, 0.717) is 36.7 Å². The molecule has 0 aromatic heterocycles. The van der Waals surface area contributed by atoms with Crippen molar-refractivity contribution in [2.45, 2.75) is 56.7 Å². The zero-order valence-electron chi connectivity index (χ0n) is 14.8. The van der Waals surface area contributed by atoms with Gasteiger partial charge in [0, 0.05) is 18.4 Å². The third kappa shape index (κ3) is 2.06. The quantitative estimate of drug-likeness (QED) is 0.768. The second-order valence-electron chi connectivity index (χ2n) is 8.24. The van der Waals surface area contributed by atoms with Crippen molar-refractivity contribution in [3.63, 3.8) is 0 Å². The number of phenols is 1. The van der Waals surface area contributed by atoms with Crippen molar-refractivity contribution in [1.82, 2.24) is 0 Å². The van der Waals surface area contributed by atoms with Gasteiger partial charge in [-0.15, -0.1) is 6.42 Å². The van der Waals surface area contributed by atoms with Crippen LogP contribution in [0.2, 0.25) is 0 Å². The Bertz CT molecular complexity index is 754. The molecule has 3 nitrogen and oxygen atoms in total. The summed E-state index contributed by atoms with van der Waals surface area (Å²) in [6.45, 7) is 2.10. The number of aliphatic hydroxyl groups is 1. The van der Waals surface area contributed by atoms with E-state index in [0.717, 1.165) is 18.4 Å². The molecule has 1 aromatic rings. The van der Waals surface area contributed by atoms with Gasteiger partial charge in [0.05, 0.1) is 6.10 Å². The summed E-state index contributed by atoms with van der Waals surface area (Å²) in [4.78, 5) is 0. The molecular weight excluding hydrogens is 319 g/mol. The highest BCUT2D eigenvalue weighted by molar-refractivity contribution is 5.43. The molecule has 3 aliphatic rings. The van der Waals surface area contributed by atoms with Crippen molar-refractivity contribution in [3.8, 4) is 18.1 Å². The van der Waals surface area contributed by atoms with E-state index >= 15 is 0 Å². The number of ether oxygens (including phenoxy) is 1. The highest BCUT2D eigenvalue weighted by atomic mass is 19.1. The summed E-state index contributed by atoms with van der Waals surface area (Å²) in [5.74, 6) is 2.58. The zero-order chi connectivity index (χ0) is 18.0. The second-order valence-corrected chi connectivity index (χ2v) is 8.24. The molecule has 2 saturated carbocycles. The number of methoxy groups -OCH3 is 1. The van der Waals surface area contributed by atoms with Gasteiger partial charge in [-0.3, -0.25) is 0 Å². The van der Waals surface area contributed by atoms with E-state index in [2.05, 4.69) is 12.8 Å². The van der Waals surface area contributed by atoms with Gasteiger partial charge in [-0.25, -0.2) is 4.39 Å². The van der Waals surface area contributed by atoms with Crippen molar-refractivity contribution in [1.29, 1.82) is 0 Å². The molecule has 0 saturated heterocycles. The highest BCUT2D eigenvalue weighted by Gasteiger charge is 2.63. The fraction of sp³-hybridized carbons (Fsp3) is 0.619. The first kappa shape index (κ1) is 16.9. The van der Waals surface area contributed by atoms with Gasteiger partial charge in [-0.1, -0.05) is 18.9 Å². The average molecular weight is 344 g/mol. The maximum absolute atomic E-state index is 14.4. The van der Waals surface area contributed by atoms with Gasteiger partial charge in [-0.2, -0.15) is 0 Å². The standard InChI is InChI=1S/C21H25FO3/c1-4-21(24)10-9-15-14-6-5-13-12(7-8-16(23)19(13)22)18(14)17(25-3)11-20(15,21)2/h1,7-8,14-15,17-18,23-24H,5-6,9-11H2,2-3H3/t14-,15-,17-,18+,20-,21-/m0/s1. The fourth-order valence-electron chi connectivity index (χ4n) is 6.13. The third-order valence-corrected chi connectivity index (χ3v) is 7.47. The van der Waals surface area contributed by atoms with Gasteiger partial charge in [0.1, 0.15) is 5.60 Å². The van der Waals surface area contributed by atoms with E-state index in [1.54, 1.807) is 7.11 Å². The Morgan fingerprint density at radius 2 is 2.12 bits per heavy atom. The number of rotatable bonds is 1. The van der Waals surface area contributed by atoms with Crippen molar-refractivity contribution >= 4 is 0 Å². The van der Waals surface area contributed by atoms with Crippen LogP contribution >= 0.6 is 0 Å². The molecule has 1 aromatic carbocycles. The molecule has 0 heterocycles. The van der Waals surface area contributed by atoms with Crippen LogP contribution in [0, 0.1) is 35.4 Å².